The van der Waals surface area contributed by atoms with E-state index in [1.165, 1.54) is 72.0 Å². The molecule has 0 bridgehead atoms. The lowest BCUT2D eigenvalue weighted by Gasteiger charge is -2.28. The Morgan fingerprint density at radius 3 is 1.10 bits per heavy atom. The van der Waals surface area contributed by atoms with E-state index in [9.17, 15) is 0 Å². The van der Waals surface area contributed by atoms with E-state index in [0.717, 1.165) is 22.6 Å². The maximum atomic E-state index is 2.42. The quantitative estimate of drug-likeness (QED) is 0.142. The minimum Gasteiger partial charge on any atom is -0.310 e. The maximum absolute atomic E-state index is 2.42. The Labute approximate surface area is 346 Å². The zero-order valence-corrected chi connectivity index (χ0v) is 32.6. The molecule has 0 N–H and O–H groups in total. The second-order valence-electron chi connectivity index (χ2n) is 14.8. The number of rotatable bonds is 9. The topological polar surface area (TPSA) is 3.24 Å². The molecule has 0 saturated heterocycles. The normalized spacial score (nSPS) is 11.1. The van der Waals surface area contributed by atoms with Crippen LogP contribution < -0.4 is 4.90 Å². The van der Waals surface area contributed by atoms with Gasteiger partial charge in [0.2, 0.25) is 0 Å². The van der Waals surface area contributed by atoms with Crippen molar-refractivity contribution in [3.8, 4) is 66.8 Å². The molecule has 0 unspecified atom stereocenters. The number of hydrogen-bond acceptors (Lipinski definition) is 1. The molecule has 1 heteroatoms. The molecule has 0 saturated carbocycles. The molecule has 1 nitrogen and oxygen atoms in total. The van der Waals surface area contributed by atoms with Gasteiger partial charge in [-0.05, 0) is 108 Å². The van der Waals surface area contributed by atoms with Crippen LogP contribution in [0, 0.1) is 0 Å². The first-order chi connectivity index (χ1) is 29.3. The Morgan fingerprint density at radius 1 is 0.220 bits per heavy atom. The molecule has 0 aliphatic heterocycles. The third kappa shape index (κ3) is 6.90. The molecule has 0 aliphatic carbocycles. The molecule has 0 heterocycles. The van der Waals surface area contributed by atoms with E-state index < -0.39 is 0 Å². The molecule has 10 aromatic carbocycles. The molecule has 0 atom stereocenters. The molecule has 0 spiro atoms. The van der Waals surface area contributed by atoms with Crippen LogP contribution in [0.2, 0.25) is 0 Å². The second kappa shape index (κ2) is 16.0. The monoisotopic (exact) mass is 751 g/mol. The van der Waals surface area contributed by atoms with Gasteiger partial charge in [-0.2, -0.15) is 0 Å². The van der Waals surface area contributed by atoms with E-state index in [1.54, 1.807) is 0 Å². The van der Waals surface area contributed by atoms with Gasteiger partial charge in [0.25, 0.3) is 0 Å². The number of fused-ring (bicyclic) bond motifs is 1. The SMILES string of the molecule is c1ccc(-c2ccccc2N(c2ccccc2)c2ccc(-c3ccc4c(-c5ccccc5)c(-c5ccccc5)c(-c5ccccc5)c(-c5ccccc5)c4c3)cc2)cc1. The average Bonchev–Trinajstić information content (AvgIpc) is 3.33. The van der Waals surface area contributed by atoms with Gasteiger partial charge in [-0.3, -0.25) is 0 Å². The van der Waals surface area contributed by atoms with Crippen LogP contribution in [0.1, 0.15) is 0 Å². The Bertz CT molecular complexity index is 2980. The smallest absolute Gasteiger partial charge is 0.0540 e. The molecule has 0 radical (unpaired) electrons. The van der Waals surface area contributed by atoms with Crippen molar-refractivity contribution in [3.05, 3.63) is 249 Å². The van der Waals surface area contributed by atoms with E-state index in [4.69, 9.17) is 0 Å². The highest BCUT2D eigenvalue weighted by molar-refractivity contribution is 6.18. The molecule has 10 aromatic rings. The zero-order valence-electron chi connectivity index (χ0n) is 32.6. The number of nitrogens with zero attached hydrogens (tertiary/aromatic N) is 1. The lowest BCUT2D eigenvalue weighted by Crippen LogP contribution is -2.11. The largest absolute Gasteiger partial charge is 0.310 e. The molecule has 0 aliphatic rings. The number of anilines is 3. The lowest BCUT2D eigenvalue weighted by atomic mass is 9.78. The van der Waals surface area contributed by atoms with Gasteiger partial charge >= 0.3 is 0 Å². The first-order valence-corrected chi connectivity index (χ1v) is 20.3. The van der Waals surface area contributed by atoms with Crippen LogP contribution in [0.25, 0.3) is 77.5 Å². The van der Waals surface area contributed by atoms with Crippen LogP contribution in [0.15, 0.2) is 249 Å². The number of hydrogen-bond donors (Lipinski definition) is 0. The molecule has 0 fully saturated rings. The standard InChI is InChI=1S/C58H41N/c1-7-21-43(22-8-1)51-33-19-20-34-54(51)59(49-31-17-6-18-32-49)50-38-35-42(36-39-50)48-37-40-52-53(41-48)56(45-25-11-3-12-26-45)58(47-29-15-5-16-30-47)57(46-27-13-4-14-28-46)55(52)44-23-9-2-10-24-44/h1-41H. The summed E-state index contributed by atoms with van der Waals surface area (Å²) in [4.78, 5) is 2.36. The van der Waals surface area contributed by atoms with Gasteiger partial charge in [0.15, 0.2) is 0 Å². The zero-order chi connectivity index (χ0) is 39.4. The summed E-state index contributed by atoms with van der Waals surface area (Å²) < 4.78 is 0. The van der Waals surface area contributed by atoms with Gasteiger partial charge in [0.05, 0.1) is 5.69 Å². The van der Waals surface area contributed by atoms with Crippen LogP contribution in [-0.4, -0.2) is 0 Å². The van der Waals surface area contributed by atoms with Crippen molar-refractivity contribution in [1.82, 2.24) is 0 Å². The highest BCUT2D eigenvalue weighted by Gasteiger charge is 2.24. The summed E-state index contributed by atoms with van der Waals surface area (Å²) in [6, 6.07) is 89.8. The van der Waals surface area contributed by atoms with Crippen LogP contribution in [0.3, 0.4) is 0 Å². The van der Waals surface area contributed by atoms with Crippen molar-refractivity contribution in [2.75, 3.05) is 4.90 Å². The molecule has 59 heavy (non-hydrogen) atoms. The van der Waals surface area contributed by atoms with Crippen molar-refractivity contribution in [2.45, 2.75) is 0 Å². The Morgan fingerprint density at radius 2 is 0.593 bits per heavy atom. The van der Waals surface area contributed by atoms with Gasteiger partial charge < -0.3 is 4.90 Å². The van der Waals surface area contributed by atoms with E-state index in [-0.39, 0.29) is 0 Å². The van der Waals surface area contributed by atoms with E-state index in [1.807, 2.05) is 0 Å². The molecule has 0 amide bonds. The highest BCUT2D eigenvalue weighted by atomic mass is 15.1. The number of para-hydroxylation sites is 2. The van der Waals surface area contributed by atoms with Gasteiger partial charge in [-0.15, -0.1) is 0 Å². The Hall–Kier alpha value is -7.74. The summed E-state index contributed by atoms with van der Waals surface area (Å²) in [6.07, 6.45) is 0. The average molecular weight is 752 g/mol. The van der Waals surface area contributed by atoms with E-state index >= 15 is 0 Å². The predicted molar refractivity (Wildman–Crippen MR) is 251 cm³/mol. The predicted octanol–water partition coefficient (Wildman–Crippen LogP) is 16.3. The highest BCUT2D eigenvalue weighted by Crippen LogP contribution is 2.51. The molecule has 0 aromatic heterocycles. The Kier molecular flexibility index (Phi) is 9.68. The van der Waals surface area contributed by atoms with Crippen LogP contribution >= 0.6 is 0 Å². The summed E-state index contributed by atoms with van der Waals surface area (Å²) in [6.45, 7) is 0. The number of benzene rings is 10. The third-order valence-electron chi connectivity index (χ3n) is 11.3. The molecule has 10 rings (SSSR count). The van der Waals surface area contributed by atoms with E-state index in [2.05, 4.69) is 254 Å². The van der Waals surface area contributed by atoms with Crippen molar-refractivity contribution in [2.24, 2.45) is 0 Å². The third-order valence-corrected chi connectivity index (χ3v) is 11.3. The fraction of sp³-hybridized carbons (Fsp3) is 0. The van der Waals surface area contributed by atoms with Crippen LogP contribution in [0.5, 0.6) is 0 Å². The molecular weight excluding hydrogens is 711 g/mol. The minimum absolute atomic E-state index is 1.10. The maximum Gasteiger partial charge on any atom is 0.0540 e. The first kappa shape index (κ1) is 35.7. The summed E-state index contributed by atoms with van der Waals surface area (Å²) in [7, 11) is 0. The fourth-order valence-corrected chi connectivity index (χ4v) is 8.60. The summed E-state index contributed by atoms with van der Waals surface area (Å²) in [5, 5.41) is 2.44. The second-order valence-corrected chi connectivity index (χ2v) is 14.8. The Balaban J connectivity index is 1.20. The van der Waals surface area contributed by atoms with Crippen molar-refractivity contribution in [3.63, 3.8) is 0 Å². The molecule has 278 valence electrons. The summed E-state index contributed by atoms with van der Waals surface area (Å²) in [5.41, 5.74) is 17.8. The summed E-state index contributed by atoms with van der Waals surface area (Å²) in [5.74, 6) is 0. The van der Waals surface area contributed by atoms with Crippen LogP contribution in [-0.2, 0) is 0 Å². The van der Waals surface area contributed by atoms with Gasteiger partial charge in [-0.25, -0.2) is 0 Å². The van der Waals surface area contributed by atoms with Crippen molar-refractivity contribution in [1.29, 1.82) is 0 Å². The van der Waals surface area contributed by atoms with E-state index in [0.29, 0.717) is 0 Å². The molecular formula is C58H41N. The van der Waals surface area contributed by atoms with Gasteiger partial charge in [0.1, 0.15) is 0 Å². The van der Waals surface area contributed by atoms with Crippen molar-refractivity contribution >= 4 is 27.8 Å². The van der Waals surface area contributed by atoms with Gasteiger partial charge in [0, 0.05) is 16.9 Å². The minimum atomic E-state index is 1.10. The summed E-state index contributed by atoms with van der Waals surface area (Å²) >= 11 is 0. The van der Waals surface area contributed by atoms with Gasteiger partial charge in [-0.1, -0.05) is 212 Å². The first-order valence-electron chi connectivity index (χ1n) is 20.3. The fourth-order valence-electron chi connectivity index (χ4n) is 8.60. The lowest BCUT2D eigenvalue weighted by molar-refractivity contribution is 1.28. The van der Waals surface area contributed by atoms with Crippen LogP contribution in [0.4, 0.5) is 17.1 Å². The van der Waals surface area contributed by atoms with Crippen molar-refractivity contribution < 1.29 is 0 Å².